The highest BCUT2D eigenvalue weighted by Crippen LogP contribution is 2.29. The molecule has 0 aromatic carbocycles. The Morgan fingerprint density at radius 2 is 2.35 bits per heavy atom. The van der Waals surface area contributed by atoms with Crippen LogP contribution in [0.5, 0.6) is 0 Å². The molecule has 5 heteroatoms. The van der Waals surface area contributed by atoms with Crippen molar-refractivity contribution >= 4 is 0 Å². The zero-order valence-electron chi connectivity index (χ0n) is 10.4. The summed E-state index contributed by atoms with van der Waals surface area (Å²) in [4.78, 5) is 2.50. The van der Waals surface area contributed by atoms with Crippen molar-refractivity contribution in [2.75, 3.05) is 19.6 Å². The molecule has 1 saturated heterocycles. The van der Waals surface area contributed by atoms with Crippen molar-refractivity contribution in [3.63, 3.8) is 0 Å². The maximum absolute atomic E-state index is 5.88. The van der Waals surface area contributed by atoms with Crippen molar-refractivity contribution in [3.05, 3.63) is 11.9 Å². The Morgan fingerprint density at radius 1 is 1.41 bits per heavy atom. The Balaban J connectivity index is 1.63. The van der Waals surface area contributed by atoms with Crippen molar-refractivity contribution in [3.8, 4) is 0 Å². The number of rotatable bonds is 4. The molecule has 0 amide bonds. The van der Waals surface area contributed by atoms with Crippen molar-refractivity contribution in [1.29, 1.82) is 0 Å². The lowest BCUT2D eigenvalue weighted by molar-refractivity contribution is -0.00508. The molecule has 94 valence electrons. The number of aromatic nitrogens is 3. The molecule has 2 aliphatic heterocycles. The topological polar surface area (TPSA) is 43.2 Å². The van der Waals surface area contributed by atoms with Gasteiger partial charge in [0.25, 0.3) is 0 Å². The van der Waals surface area contributed by atoms with Gasteiger partial charge in [-0.25, -0.2) is 4.68 Å². The predicted molar refractivity (Wildman–Crippen MR) is 63.6 cm³/mol. The fourth-order valence-corrected chi connectivity index (χ4v) is 2.84. The summed E-state index contributed by atoms with van der Waals surface area (Å²) in [6.45, 7) is 6.21. The third-order valence-electron chi connectivity index (χ3n) is 3.80. The van der Waals surface area contributed by atoms with Crippen LogP contribution >= 0.6 is 0 Å². The summed E-state index contributed by atoms with van der Waals surface area (Å²) in [7, 11) is 0. The van der Waals surface area contributed by atoms with E-state index in [4.69, 9.17) is 4.74 Å². The average molecular weight is 236 g/mol. The molecule has 2 atom stereocenters. The Labute approximate surface area is 102 Å². The maximum Gasteiger partial charge on any atom is 0.0944 e. The number of hydrogen-bond donors (Lipinski definition) is 0. The molecule has 5 nitrogen and oxygen atoms in total. The molecule has 0 radical (unpaired) electrons. The standard InChI is InChI=1S/C12H20N4O/c1-2-3-4-5-15-7-11-12(8-15)17-9-10-6-13-14-16(10)11/h6,11-12H,2-5,7-9H2,1H3/t11-,12-/m1/s1. The Morgan fingerprint density at radius 3 is 3.24 bits per heavy atom. The molecule has 1 fully saturated rings. The lowest BCUT2D eigenvalue weighted by Gasteiger charge is -2.25. The van der Waals surface area contributed by atoms with Crippen molar-refractivity contribution in [2.24, 2.45) is 0 Å². The quantitative estimate of drug-likeness (QED) is 0.737. The lowest BCUT2D eigenvalue weighted by atomic mass is 10.2. The van der Waals surface area contributed by atoms with Gasteiger partial charge in [-0.2, -0.15) is 0 Å². The van der Waals surface area contributed by atoms with Gasteiger partial charge in [0.1, 0.15) is 0 Å². The highest BCUT2D eigenvalue weighted by atomic mass is 16.5. The monoisotopic (exact) mass is 236 g/mol. The lowest BCUT2D eigenvalue weighted by Crippen LogP contribution is -2.32. The van der Waals surface area contributed by atoms with Crippen LogP contribution in [-0.2, 0) is 11.3 Å². The normalized spacial score (nSPS) is 28.1. The zero-order valence-corrected chi connectivity index (χ0v) is 10.4. The summed E-state index contributed by atoms with van der Waals surface area (Å²) in [6, 6.07) is 0.378. The fraction of sp³-hybridized carbons (Fsp3) is 0.833. The van der Waals surface area contributed by atoms with Crippen LogP contribution in [-0.4, -0.2) is 45.6 Å². The molecular formula is C12H20N4O. The van der Waals surface area contributed by atoms with Crippen molar-refractivity contribution < 1.29 is 4.74 Å². The molecule has 17 heavy (non-hydrogen) atoms. The molecule has 1 aromatic rings. The summed E-state index contributed by atoms with van der Waals surface area (Å²) in [5.41, 5.74) is 1.11. The van der Waals surface area contributed by atoms with E-state index in [0.29, 0.717) is 18.8 Å². The summed E-state index contributed by atoms with van der Waals surface area (Å²) < 4.78 is 7.94. The van der Waals surface area contributed by atoms with Crippen molar-refractivity contribution in [1.82, 2.24) is 19.9 Å². The third kappa shape index (κ3) is 2.09. The smallest absolute Gasteiger partial charge is 0.0944 e. The van der Waals surface area contributed by atoms with E-state index >= 15 is 0 Å². The molecule has 0 N–H and O–H groups in total. The Hall–Kier alpha value is -0.940. The van der Waals surface area contributed by atoms with E-state index in [2.05, 4.69) is 26.8 Å². The minimum absolute atomic E-state index is 0.311. The van der Waals surface area contributed by atoms with Gasteiger partial charge in [0.15, 0.2) is 0 Å². The van der Waals surface area contributed by atoms with Crippen LogP contribution in [0.25, 0.3) is 0 Å². The third-order valence-corrected chi connectivity index (χ3v) is 3.80. The fourth-order valence-electron chi connectivity index (χ4n) is 2.84. The second kappa shape index (κ2) is 4.74. The number of ether oxygens (including phenoxy) is 1. The van der Waals surface area contributed by atoms with Gasteiger partial charge in [0.05, 0.1) is 30.6 Å². The number of hydrogen-bond acceptors (Lipinski definition) is 4. The molecule has 3 heterocycles. The van der Waals surface area contributed by atoms with E-state index in [-0.39, 0.29) is 0 Å². The van der Waals surface area contributed by atoms with Crippen molar-refractivity contribution in [2.45, 2.75) is 44.9 Å². The summed E-state index contributed by atoms with van der Waals surface area (Å²) >= 11 is 0. The first-order valence-corrected chi connectivity index (χ1v) is 6.61. The van der Waals surface area contributed by atoms with Gasteiger partial charge in [0, 0.05) is 13.1 Å². The number of unbranched alkanes of at least 4 members (excludes halogenated alkanes) is 2. The van der Waals surface area contributed by atoms with Gasteiger partial charge < -0.3 is 4.74 Å². The maximum atomic E-state index is 5.88. The summed E-state index contributed by atoms with van der Waals surface area (Å²) in [5.74, 6) is 0. The second-order valence-corrected chi connectivity index (χ2v) is 5.05. The second-order valence-electron chi connectivity index (χ2n) is 5.05. The first-order chi connectivity index (χ1) is 8.38. The van der Waals surface area contributed by atoms with E-state index in [9.17, 15) is 0 Å². The van der Waals surface area contributed by atoms with Gasteiger partial charge in [-0.3, -0.25) is 4.90 Å². The Bertz CT molecular complexity index is 378. The zero-order chi connectivity index (χ0) is 11.7. The van der Waals surface area contributed by atoms with E-state index in [0.717, 1.165) is 18.8 Å². The van der Waals surface area contributed by atoms with Crippen LogP contribution in [0, 0.1) is 0 Å². The molecule has 1 aromatic heterocycles. The molecule has 0 aliphatic carbocycles. The molecule has 0 unspecified atom stereocenters. The first-order valence-electron chi connectivity index (χ1n) is 6.61. The molecular weight excluding hydrogens is 216 g/mol. The van der Waals surface area contributed by atoms with Crippen LogP contribution in [0.4, 0.5) is 0 Å². The van der Waals surface area contributed by atoms with Gasteiger partial charge in [-0.05, 0) is 13.0 Å². The minimum atomic E-state index is 0.311. The number of fused-ring (bicyclic) bond motifs is 3. The predicted octanol–water partition coefficient (Wildman–Crippen LogP) is 1.22. The first kappa shape index (κ1) is 11.2. The highest BCUT2D eigenvalue weighted by molar-refractivity contribution is 5.02. The van der Waals surface area contributed by atoms with Gasteiger partial charge in [-0.15, -0.1) is 5.10 Å². The SMILES string of the molecule is CCCCCN1C[C@@H]2[C@@H](C1)OCc1cnnn12. The average Bonchev–Trinajstić information content (AvgIpc) is 2.93. The van der Waals surface area contributed by atoms with Gasteiger partial charge in [0.2, 0.25) is 0 Å². The van der Waals surface area contributed by atoms with E-state index in [1.807, 2.05) is 6.20 Å². The van der Waals surface area contributed by atoms with E-state index in [1.165, 1.54) is 25.8 Å². The van der Waals surface area contributed by atoms with Crippen LogP contribution in [0.1, 0.15) is 37.9 Å². The molecule has 0 bridgehead atoms. The minimum Gasteiger partial charge on any atom is -0.368 e. The van der Waals surface area contributed by atoms with Gasteiger partial charge >= 0.3 is 0 Å². The van der Waals surface area contributed by atoms with Crippen LogP contribution in [0.2, 0.25) is 0 Å². The Kier molecular flexibility index (Phi) is 3.11. The van der Waals surface area contributed by atoms with E-state index < -0.39 is 0 Å². The number of likely N-dealkylation sites (tertiary alicyclic amines) is 1. The number of nitrogens with zero attached hydrogens (tertiary/aromatic N) is 4. The summed E-state index contributed by atoms with van der Waals surface area (Å²) in [6.07, 6.45) is 6.02. The van der Waals surface area contributed by atoms with Crippen LogP contribution < -0.4 is 0 Å². The van der Waals surface area contributed by atoms with Gasteiger partial charge in [-0.1, -0.05) is 25.0 Å². The molecule has 3 rings (SSSR count). The molecule has 0 spiro atoms. The summed E-state index contributed by atoms with van der Waals surface area (Å²) in [5, 5.41) is 8.17. The highest BCUT2D eigenvalue weighted by Gasteiger charge is 2.38. The van der Waals surface area contributed by atoms with E-state index in [1.54, 1.807) is 0 Å². The van der Waals surface area contributed by atoms with Crippen LogP contribution in [0.3, 0.4) is 0 Å². The molecule has 0 saturated carbocycles. The molecule has 2 aliphatic rings. The largest absolute Gasteiger partial charge is 0.368 e. The van der Waals surface area contributed by atoms with Crippen LogP contribution in [0.15, 0.2) is 6.20 Å².